The molecule has 1 atom stereocenters. The Balaban J connectivity index is 1.71. The normalized spacial score (nSPS) is 16.0. The molecule has 0 fully saturated rings. The third-order valence-electron chi connectivity index (χ3n) is 5.57. The van der Waals surface area contributed by atoms with Gasteiger partial charge in [-0.25, -0.2) is 4.99 Å². The molecule has 5 nitrogen and oxygen atoms in total. The van der Waals surface area contributed by atoms with Crippen molar-refractivity contribution in [1.29, 1.82) is 0 Å². The number of alkyl halides is 6. The molecule has 196 valence electrons. The average molecular weight is 522 g/mol. The highest BCUT2D eigenvalue weighted by molar-refractivity contribution is 6.13. The van der Waals surface area contributed by atoms with Crippen molar-refractivity contribution >= 4 is 17.2 Å². The van der Waals surface area contributed by atoms with Crippen LogP contribution < -0.4 is 16.0 Å². The van der Waals surface area contributed by atoms with Gasteiger partial charge in [-0.15, -0.1) is 0 Å². The topological polar surface area (TPSA) is 61.3 Å². The molecule has 1 unspecified atom stereocenters. The Labute approximate surface area is 210 Å². The molecule has 0 bridgehead atoms. The minimum atomic E-state index is -4.58. The molecule has 0 aliphatic carbocycles. The van der Waals surface area contributed by atoms with Crippen molar-refractivity contribution < 1.29 is 26.3 Å². The first-order valence-electron chi connectivity index (χ1n) is 11.4. The molecular formula is C26H25F6N5. The number of halogens is 6. The second-order valence-corrected chi connectivity index (χ2v) is 9.63. The number of anilines is 2. The number of benzene rings is 2. The van der Waals surface area contributed by atoms with Crippen molar-refractivity contribution in [2.24, 2.45) is 4.99 Å². The molecule has 0 spiro atoms. The fourth-order valence-corrected chi connectivity index (χ4v) is 3.80. The minimum Gasteiger partial charge on any atom is -0.362 e. The summed E-state index contributed by atoms with van der Waals surface area (Å²) in [6.07, 6.45) is -8.24. The van der Waals surface area contributed by atoms with Crippen LogP contribution in [0.25, 0.3) is 11.3 Å². The van der Waals surface area contributed by atoms with E-state index in [-0.39, 0.29) is 16.8 Å². The Bertz CT molecular complexity index is 1290. The van der Waals surface area contributed by atoms with Crippen LogP contribution in [-0.4, -0.2) is 29.1 Å². The second-order valence-electron chi connectivity index (χ2n) is 9.63. The van der Waals surface area contributed by atoms with Crippen LogP contribution in [0.5, 0.6) is 0 Å². The maximum Gasteiger partial charge on any atom is 0.418 e. The van der Waals surface area contributed by atoms with E-state index in [0.29, 0.717) is 29.3 Å². The standard InChI is InChI=1S/C26H25F6N5/c1-24(2,3)34-14-21-36-20-13-15(22-19(26(30,31)32)5-4-12-33-22)6-11-18(20)23(37-21)35-17-9-7-16(8-10-17)25(27,28)29/h4-13,21,34,36H,14H2,1-3H3,(H,35,37). The molecule has 2 heterocycles. The van der Waals surface area contributed by atoms with Gasteiger partial charge in [0.05, 0.1) is 16.8 Å². The molecule has 0 saturated heterocycles. The molecule has 11 heteroatoms. The quantitative estimate of drug-likeness (QED) is 0.331. The van der Waals surface area contributed by atoms with Crippen LogP contribution in [0.3, 0.4) is 0 Å². The Morgan fingerprint density at radius 1 is 0.892 bits per heavy atom. The van der Waals surface area contributed by atoms with Gasteiger partial charge in [0.25, 0.3) is 0 Å². The molecule has 2 aromatic carbocycles. The van der Waals surface area contributed by atoms with Gasteiger partial charge in [0, 0.05) is 40.8 Å². The predicted molar refractivity (Wildman–Crippen MR) is 131 cm³/mol. The van der Waals surface area contributed by atoms with E-state index in [9.17, 15) is 26.3 Å². The molecule has 0 radical (unpaired) electrons. The fraction of sp³-hybridized carbons (Fsp3) is 0.308. The van der Waals surface area contributed by atoms with E-state index in [1.807, 2.05) is 20.8 Å². The summed E-state index contributed by atoms with van der Waals surface area (Å²) in [5, 5.41) is 9.61. The van der Waals surface area contributed by atoms with Crippen molar-refractivity contribution in [2.75, 3.05) is 17.2 Å². The van der Waals surface area contributed by atoms with Crippen LogP contribution in [0.4, 0.5) is 37.7 Å². The molecule has 1 aliphatic rings. The van der Waals surface area contributed by atoms with Gasteiger partial charge < -0.3 is 16.0 Å². The van der Waals surface area contributed by atoms with Gasteiger partial charge in [0.2, 0.25) is 0 Å². The maximum absolute atomic E-state index is 13.6. The lowest BCUT2D eigenvalue weighted by Gasteiger charge is -2.30. The van der Waals surface area contributed by atoms with Gasteiger partial charge in [0.1, 0.15) is 12.0 Å². The highest BCUT2D eigenvalue weighted by Gasteiger charge is 2.35. The molecule has 37 heavy (non-hydrogen) atoms. The smallest absolute Gasteiger partial charge is 0.362 e. The minimum absolute atomic E-state index is 0.205. The third-order valence-corrected chi connectivity index (χ3v) is 5.57. The van der Waals surface area contributed by atoms with Crippen molar-refractivity contribution in [1.82, 2.24) is 10.3 Å². The van der Waals surface area contributed by atoms with Crippen LogP contribution in [0.2, 0.25) is 0 Å². The number of pyridine rings is 1. The Hall–Kier alpha value is -3.60. The second kappa shape index (κ2) is 9.70. The van der Waals surface area contributed by atoms with Gasteiger partial charge in [0.15, 0.2) is 0 Å². The van der Waals surface area contributed by atoms with Crippen molar-refractivity contribution in [2.45, 2.75) is 44.8 Å². The molecular weight excluding hydrogens is 496 g/mol. The number of nitrogens with one attached hydrogen (secondary N) is 3. The molecule has 0 amide bonds. The summed E-state index contributed by atoms with van der Waals surface area (Å²) in [4.78, 5) is 8.63. The van der Waals surface area contributed by atoms with Gasteiger partial charge in [-0.3, -0.25) is 4.98 Å². The van der Waals surface area contributed by atoms with Crippen LogP contribution in [0.1, 0.15) is 37.5 Å². The molecule has 3 N–H and O–H groups in total. The molecule has 4 rings (SSSR count). The SMILES string of the molecule is CC(C)(C)NCC1N=C(Nc2ccc(C(F)(F)F)cc2)c2ccc(-c3ncccc3C(F)(F)F)cc2N1. The first-order valence-corrected chi connectivity index (χ1v) is 11.4. The summed E-state index contributed by atoms with van der Waals surface area (Å²) in [7, 11) is 0. The zero-order chi connectivity index (χ0) is 27.0. The van der Waals surface area contributed by atoms with Gasteiger partial charge in [-0.05, 0) is 69.3 Å². The lowest BCUT2D eigenvalue weighted by molar-refractivity contribution is -0.138. The van der Waals surface area contributed by atoms with Gasteiger partial charge >= 0.3 is 12.4 Å². The number of aliphatic imine (C=N–C) groups is 1. The van der Waals surface area contributed by atoms with E-state index in [1.165, 1.54) is 30.5 Å². The van der Waals surface area contributed by atoms with E-state index in [1.54, 1.807) is 12.1 Å². The fourth-order valence-electron chi connectivity index (χ4n) is 3.80. The molecule has 1 aliphatic heterocycles. The first kappa shape index (κ1) is 26.5. The van der Waals surface area contributed by atoms with Gasteiger partial charge in [-0.1, -0.05) is 6.07 Å². The molecule has 3 aromatic rings. The lowest BCUT2D eigenvalue weighted by Crippen LogP contribution is -2.44. The number of rotatable bonds is 4. The summed E-state index contributed by atoms with van der Waals surface area (Å²) in [6.45, 7) is 6.33. The zero-order valence-corrected chi connectivity index (χ0v) is 20.2. The molecule has 0 saturated carbocycles. The number of hydrogen-bond donors (Lipinski definition) is 3. The number of aromatic nitrogens is 1. The van der Waals surface area contributed by atoms with Gasteiger partial charge in [-0.2, -0.15) is 26.3 Å². The summed E-state index contributed by atoms with van der Waals surface area (Å²) in [5.74, 6) is 0.373. The molecule has 1 aromatic heterocycles. The number of amidine groups is 1. The highest BCUT2D eigenvalue weighted by atomic mass is 19.4. The van der Waals surface area contributed by atoms with E-state index in [2.05, 4.69) is 25.9 Å². The van der Waals surface area contributed by atoms with Crippen LogP contribution in [0, 0.1) is 0 Å². The Morgan fingerprint density at radius 2 is 1.59 bits per heavy atom. The summed E-state index contributed by atoms with van der Waals surface area (Å²) >= 11 is 0. The number of fused-ring (bicyclic) bond motifs is 1. The summed E-state index contributed by atoms with van der Waals surface area (Å²) in [5.41, 5.74) is -0.347. The largest absolute Gasteiger partial charge is 0.418 e. The van der Waals surface area contributed by atoms with Crippen LogP contribution in [0.15, 0.2) is 65.8 Å². The average Bonchev–Trinajstić information content (AvgIpc) is 2.81. The number of nitrogens with zero attached hydrogens (tertiary/aromatic N) is 2. The summed E-state index contributed by atoms with van der Waals surface area (Å²) < 4.78 is 79.6. The Kier molecular flexibility index (Phi) is 6.93. The lowest BCUT2D eigenvalue weighted by atomic mass is 10.0. The van der Waals surface area contributed by atoms with Crippen molar-refractivity contribution in [3.8, 4) is 11.3 Å². The zero-order valence-electron chi connectivity index (χ0n) is 20.2. The highest BCUT2D eigenvalue weighted by Crippen LogP contribution is 2.37. The van der Waals surface area contributed by atoms with E-state index in [4.69, 9.17) is 0 Å². The van der Waals surface area contributed by atoms with Crippen molar-refractivity contribution in [3.63, 3.8) is 0 Å². The van der Waals surface area contributed by atoms with Crippen molar-refractivity contribution in [3.05, 3.63) is 77.5 Å². The van der Waals surface area contributed by atoms with E-state index < -0.39 is 29.6 Å². The monoisotopic (exact) mass is 521 g/mol. The van der Waals surface area contributed by atoms with Crippen LogP contribution >= 0.6 is 0 Å². The Morgan fingerprint density at radius 3 is 2.22 bits per heavy atom. The maximum atomic E-state index is 13.6. The van der Waals surface area contributed by atoms with E-state index in [0.717, 1.165) is 18.2 Å². The van der Waals surface area contributed by atoms with E-state index >= 15 is 0 Å². The third kappa shape index (κ3) is 6.40. The number of hydrogen-bond acceptors (Lipinski definition) is 5. The van der Waals surface area contributed by atoms with Crippen LogP contribution in [-0.2, 0) is 12.4 Å². The predicted octanol–water partition coefficient (Wildman–Crippen LogP) is 6.78. The first-order chi connectivity index (χ1) is 17.2. The summed E-state index contributed by atoms with van der Waals surface area (Å²) in [6, 6.07) is 11.4.